The second-order valence-corrected chi connectivity index (χ2v) is 6.77. The van der Waals surface area contributed by atoms with Gasteiger partial charge >= 0.3 is 0 Å². The van der Waals surface area contributed by atoms with Gasteiger partial charge in [0.1, 0.15) is 0 Å². The molecule has 0 bridgehead atoms. The van der Waals surface area contributed by atoms with E-state index in [-0.39, 0.29) is 18.1 Å². The first-order valence-electron chi connectivity index (χ1n) is 8.78. The van der Waals surface area contributed by atoms with Crippen molar-refractivity contribution < 1.29 is 9.90 Å². The molecule has 130 valence electrons. The summed E-state index contributed by atoms with van der Waals surface area (Å²) in [5, 5.41) is 9.65. The predicted molar refractivity (Wildman–Crippen MR) is 94.2 cm³/mol. The highest BCUT2D eigenvalue weighted by Gasteiger charge is 2.33. The van der Waals surface area contributed by atoms with E-state index >= 15 is 0 Å². The minimum absolute atomic E-state index is 0.00326. The van der Waals surface area contributed by atoms with E-state index < -0.39 is 0 Å². The maximum absolute atomic E-state index is 12.7. The summed E-state index contributed by atoms with van der Waals surface area (Å²) in [6.45, 7) is 4.05. The van der Waals surface area contributed by atoms with Gasteiger partial charge < -0.3 is 14.9 Å². The fourth-order valence-electron chi connectivity index (χ4n) is 3.54. The van der Waals surface area contributed by atoms with Crippen molar-refractivity contribution in [1.29, 1.82) is 0 Å². The fourth-order valence-corrected chi connectivity index (χ4v) is 3.54. The highest BCUT2D eigenvalue weighted by molar-refractivity contribution is 5.97. The zero-order valence-corrected chi connectivity index (χ0v) is 14.3. The van der Waals surface area contributed by atoms with Crippen molar-refractivity contribution in [2.45, 2.75) is 38.5 Å². The molecule has 0 saturated carbocycles. The number of piperidine rings is 1. The average molecular weight is 338 g/mol. The smallest absolute Gasteiger partial charge is 0.258 e. The highest BCUT2D eigenvalue weighted by Crippen LogP contribution is 2.31. The normalized spacial score (nSPS) is 19.2. The number of rotatable bonds is 3. The standard InChI is InChI=1S/C19H22N4O2/c1-13(14-5-3-2-4-6-14)23-12-17-16(18(23)25)11-20-19(21-17)22-9-7-15(24)8-10-22/h2-6,11,13,15,24H,7-10,12H2,1H3. The molecule has 0 spiro atoms. The van der Waals surface area contributed by atoms with E-state index in [4.69, 9.17) is 0 Å². The van der Waals surface area contributed by atoms with Crippen LogP contribution in [0.3, 0.4) is 0 Å². The van der Waals surface area contributed by atoms with Crippen LogP contribution < -0.4 is 4.90 Å². The van der Waals surface area contributed by atoms with Crippen molar-refractivity contribution in [1.82, 2.24) is 14.9 Å². The number of anilines is 1. The molecule has 1 atom stereocenters. The molecule has 2 aliphatic heterocycles. The van der Waals surface area contributed by atoms with Gasteiger partial charge in [-0.25, -0.2) is 9.97 Å². The lowest BCUT2D eigenvalue weighted by Gasteiger charge is -2.29. The lowest BCUT2D eigenvalue weighted by atomic mass is 10.1. The Kier molecular flexibility index (Phi) is 4.13. The summed E-state index contributed by atoms with van der Waals surface area (Å²) in [6, 6.07) is 10.0. The van der Waals surface area contributed by atoms with Gasteiger partial charge in [0, 0.05) is 19.3 Å². The first-order chi connectivity index (χ1) is 12.1. The SMILES string of the molecule is CC(c1ccccc1)N1Cc2nc(N3CCC(O)CC3)ncc2C1=O. The van der Waals surface area contributed by atoms with Gasteiger partial charge in [0.2, 0.25) is 5.95 Å². The van der Waals surface area contributed by atoms with Crippen LogP contribution >= 0.6 is 0 Å². The van der Waals surface area contributed by atoms with Crippen LogP contribution in [0.2, 0.25) is 0 Å². The van der Waals surface area contributed by atoms with Crippen LogP contribution in [0.15, 0.2) is 36.5 Å². The van der Waals surface area contributed by atoms with Crippen molar-refractivity contribution in [2.75, 3.05) is 18.0 Å². The highest BCUT2D eigenvalue weighted by atomic mass is 16.3. The molecule has 2 aromatic rings. The van der Waals surface area contributed by atoms with Gasteiger partial charge in [-0.3, -0.25) is 4.79 Å². The first kappa shape index (κ1) is 16.0. The molecule has 4 rings (SSSR count). The van der Waals surface area contributed by atoms with E-state index in [2.05, 4.69) is 14.9 Å². The zero-order valence-electron chi connectivity index (χ0n) is 14.3. The van der Waals surface area contributed by atoms with Gasteiger partial charge in [-0.1, -0.05) is 30.3 Å². The minimum atomic E-state index is -0.227. The van der Waals surface area contributed by atoms with Gasteiger partial charge in [-0.15, -0.1) is 0 Å². The molecular weight excluding hydrogens is 316 g/mol. The molecule has 6 heteroatoms. The van der Waals surface area contributed by atoms with Crippen molar-refractivity contribution in [2.24, 2.45) is 0 Å². The molecule has 0 radical (unpaired) electrons. The molecule has 1 saturated heterocycles. The average Bonchev–Trinajstić information content (AvgIpc) is 2.98. The van der Waals surface area contributed by atoms with Crippen molar-refractivity contribution >= 4 is 11.9 Å². The summed E-state index contributed by atoms with van der Waals surface area (Å²) >= 11 is 0. The second-order valence-electron chi connectivity index (χ2n) is 6.77. The van der Waals surface area contributed by atoms with Crippen LogP contribution in [0.25, 0.3) is 0 Å². The third-order valence-electron chi connectivity index (χ3n) is 5.16. The van der Waals surface area contributed by atoms with Gasteiger partial charge in [-0.05, 0) is 25.3 Å². The zero-order chi connectivity index (χ0) is 17.4. The summed E-state index contributed by atoms with van der Waals surface area (Å²) in [5.41, 5.74) is 2.51. The molecule has 0 aliphatic carbocycles. The Morgan fingerprint density at radius 1 is 1.20 bits per heavy atom. The maximum Gasteiger partial charge on any atom is 0.258 e. The monoisotopic (exact) mass is 338 g/mol. The van der Waals surface area contributed by atoms with Gasteiger partial charge in [0.05, 0.1) is 29.9 Å². The molecule has 6 nitrogen and oxygen atoms in total. The number of hydrogen-bond acceptors (Lipinski definition) is 5. The lowest BCUT2D eigenvalue weighted by molar-refractivity contribution is 0.0715. The van der Waals surface area contributed by atoms with Crippen LogP contribution in [-0.4, -0.2) is 45.1 Å². The summed E-state index contributed by atoms with van der Waals surface area (Å²) in [6.07, 6.45) is 2.89. The number of aliphatic hydroxyl groups is 1. The molecule has 3 heterocycles. The van der Waals surface area contributed by atoms with Crippen molar-refractivity contribution in [3.63, 3.8) is 0 Å². The molecular formula is C19H22N4O2. The number of hydrogen-bond donors (Lipinski definition) is 1. The van der Waals surface area contributed by atoms with E-state index in [1.807, 2.05) is 42.2 Å². The molecule has 1 N–H and O–H groups in total. The van der Waals surface area contributed by atoms with Crippen LogP contribution in [0.1, 0.15) is 47.4 Å². The van der Waals surface area contributed by atoms with Gasteiger partial charge in [0.15, 0.2) is 0 Å². The Morgan fingerprint density at radius 2 is 1.92 bits per heavy atom. The third-order valence-corrected chi connectivity index (χ3v) is 5.16. The fraction of sp³-hybridized carbons (Fsp3) is 0.421. The first-order valence-corrected chi connectivity index (χ1v) is 8.78. The largest absolute Gasteiger partial charge is 0.393 e. The number of nitrogens with zero attached hydrogens (tertiary/aromatic N) is 4. The van der Waals surface area contributed by atoms with Crippen LogP contribution in [-0.2, 0) is 6.54 Å². The number of aromatic nitrogens is 2. The van der Waals surface area contributed by atoms with Gasteiger partial charge in [0.25, 0.3) is 5.91 Å². The van der Waals surface area contributed by atoms with E-state index in [1.165, 1.54) is 0 Å². The van der Waals surface area contributed by atoms with Crippen LogP contribution in [0.5, 0.6) is 0 Å². The van der Waals surface area contributed by atoms with Crippen molar-refractivity contribution in [3.8, 4) is 0 Å². The van der Waals surface area contributed by atoms with E-state index in [9.17, 15) is 9.90 Å². The number of aliphatic hydroxyl groups excluding tert-OH is 1. The molecule has 1 amide bonds. The summed E-state index contributed by atoms with van der Waals surface area (Å²) in [7, 11) is 0. The molecule has 25 heavy (non-hydrogen) atoms. The predicted octanol–water partition coefficient (Wildman–Crippen LogP) is 2.15. The molecule has 1 unspecified atom stereocenters. The Morgan fingerprint density at radius 3 is 2.64 bits per heavy atom. The molecule has 1 aromatic carbocycles. The Labute approximate surface area is 147 Å². The third kappa shape index (κ3) is 2.98. The number of carbonyl (C=O) groups is 1. The molecule has 1 fully saturated rings. The quantitative estimate of drug-likeness (QED) is 0.929. The maximum atomic E-state index is 12.7. The second kappa shape index (κ2) is 6.44. The van der Waals surface area contributed by atoms with E-state index in [0.29, 0.717) is 18.1 Å². The Balaban J connectivity index is 1.55. The van der Waals surface area contributed by atoms with Crippen LogP contribution in [0, 0.1) is 0 Å². The molecule has 2 aliphatic rings. The summed E-state index contributed by atoms with van der Waals surface area (Å²) in [4.78, 5) is 25.7. The summed E-state index contributed by atoms with van der Waals surface area (Å²) in [5.74, 6) is 0.652. The number of amides is 1. The van der Waals surface area contributed by atoms with Crippen LogP contribution in [0.4, 0.5) is 5.95 Å². The minimum Gasteiger partial charge on any atom is -0.393 e. The van der Waals surface area contributed by atoms with E-state index in [0.717, 1.165) is 37.2 Å². The van der Waals surface area contributed by atoms with Crippen molar-refractivity contribution in [3.05, 3.63) is 53.3 Å². The Hall–Kier alpha value is -2.47. The topological polar surface area (TPSA) is 69.6 Å². The molecule has 1 aromatic heterocycles. The number of carbonyl (C=O) groups excluding carboxylic acids is 1. The Bertz CT molecular complexity index is 772. The summed E-state index contributed by atoms with van der Waals surface area (Å²) < 4.78 is 0. The van der Waals surface area contributed by atoms with E-state index in [1.54, 1.807) is 6.20 Å². The number of fused-ring (bicyclic) bond motifs is 1. The van der Waals surface area contributed by atoms with Gasteiger partial charge in [-0.2, -0.15) is 0 Å². The lowest BCUT2D eigenvalue weighted by Crippen LogP contribution is -2.37. The number of benzene rings is 1.